The van der Waals surface area contributed by atoms with Crippen molar-refractivity contribution < 1.29 is 4.79 Å². The van der Waals surface area contributed by atoms with Gasteiger partial charge in [0.05, 0.1) is 4.34 Å². The predicted octanol–water partition coefficient (Wildman–Crippen LogP) is 2.42. The fourth-order valence-corrected chi connectivity index (χ4v) is 3.29. The lowest BCUT2D eigenvalue weighted by Crippen LogP contribution is -2.42. The second-order valence-corrected chi connectivity index (χ2v) is 6.58. The molecule has 1 unspecified atom stereocenters. The van der Waals surface area contributed by atoms with E-state index in [9.17, 15) is 4.79 Å². The normalized spacial score (nSPS) is 12.7. The van der Waals surface area contributed by atoms with E-state index in [-0.39, 0.29) is 11.9 Å². The van der Waals surface area contributed by atoms with Crippen molar-refractivity contribution in [2.45, 2.75) is 32.9 Å². The third kappa shape index (κ3) is 5.05. The summed E-state index contributed by atoms with van der Waals surface area (Å²) >= 11 is 7.50. The van der Waals surface area contributed by atoms with Crippen LogP contribution in [0.1, 0.15) is 25.1 Å². The molecule has 1 heterocycles. The highest BCUT2D eigenvalue weighted by atomic mass is 35.5. The molecule has 0 radical (unpaired) electrons. The smallest absolute Gasteiger partial charge is 0.224 e. The third-order valence-electron chi connectivity index (χ3n) is 3.46. The fourth-order valence-electron chi connectivity index (χ4n) is 2.14. The molecule has 0 aliphatic heterocycles. The summed E-state index contributed by atoms with van der Waals surface area (Å²) in [5.41, 5.74) is 5.83. The van der Waals surface area contributed by atoms with Gasteiger partial charge in [-0.15, -0.1) is 11.3 Å². The van der Waals surface area contributed by atoms with Crippen LogP contribution in [0.25, 0.3) is 0 Å². The van der Waals surface area contributed by atoms with Gasteiger partial charge < -0.3 is 10.6 Å². The van der Waals surface area contributed by atoms with E-state index in [0.29, 0.717) is 13.0 Å². The van der Waals surface area contributed by atoms with Crippen LogP contribution in [0.4, 0.5) is 0 Å². The molecule has 0 spiro atoms. The zero-order valence-corrected chi connectivity index (χ0v) is 14.0. The van der Waals surface area contributed by atoms with Gasteiger partial charge >= 0.3 is 0 Å². The topological polar surface area (TPSA) is 49.6 Å². The first-order valence-corrected chi connectivity index (χ1v) is 8.13. The summed E-state index contributed by atoms with van der Waals surface area (Å²) < 4.78 is 0.789. The first kappa shape index (κ1) is 17.4. The maximum absolute atomic E-state index is 12.2. The second kappa shape index (κ2) is 8.62. The zero-order valence-electron chi connectivity index (χ0n) is 12.4. The molecule has 20 heavy (non-hydrogen) atoms. The summed E-state index contributed by atoms with van der Waals surface area (Å²) in [6.45, 7) is 6.73. The molecule has 4 nitrogen and oxygen atoms in total. The molecule has 0 fully saturated rings. The molecule has 0 aromatic carbocycles. The fraction of sp³-hybridized carbons (Fsp3) is 0.643. The lowest BCUT2D eigenvalue weighted by molar-refractivity contribution is -0.132. The van der Waals surface area contributed by atoms with Crippen LogP contribution >= 0.6 is 22.9 Å². The maximum Gasteiger partial charge on any atom is 0.224 e. The molecule has 1 amide bonds. The number of halogens is 1. The number of carbonyl (C=O) groups excluding carboxylic acids is 1. The number of nitrogens with zero attached hydrogens (tertiary/aromatic N) is 2. The van der Waals surface area contributed by atoms with Gasteiger partial charge in [0.2, 0.25) is 5.91 Å². The van der Waals surface area contributed by atoms with Crippen LogP contribution in [0.15, 0.2) is 12.1 Å². The van der Waals surface area contributed by atoms with E-state index in [1.54, 1.807) is 11.3 Å². The van der Waals surface area contributed by atoms with Crippen LogP contribution in [-0.4, -0.2) is 48.4 Å². The van der Waals surface area contributed by atoms with E-state index < -0.39 is 0 Å². The van der Waals surface area contributed by atoms with Gasteiger partial charge in [0.1, 0.15) is 0 Å². The molecule has 1 aromatic rings. The molecule has 0 aliphatic rings. The molecule has 1 atom stereocenters. The average molecular weight is 318 g/mol. The number of likely N-dealkylation sites (N-methyl/N-ethyl adjacent to an activating group) is 1. The summed E-state index contributed by atoms with van der Waals surface area (Å²) in [4.78, 5) is 17.3. The van der Waals surface area contributed by atoms with Crippen LogP contribution in [0, 0.1) is 0 Å². The predicted molar refractivity (Wildman–Crippen MR) is 86.2 cm³/mol. The van der Waals surface area contributed by atoms with Gasteiger partial charge in [-0.25, -0.2) is 0 Å². The second-order valence-electron chi connectivity index (χ2n) is 4.78. The first-order chi connectivity index (χ1) is 9.51. The summed E-state index contributed by atoms with van der Waals surface area (Å²) in [6, 6.07) is 3.97. The molecular weight excluding hydrogens is 294 g/mol. The van der Waals surface area contributed by atoms with Crippen molar-refractivity contribution >= 4 is 28.8 Å². The number of carbonyl (C=O) groups is 1. The average Bonchev–Trinajstić information content (AvgIpc) is 2.82. The first-order valence-electron chi connectivity index (χ1n) is 6.94. The molecular formula is C14H24ClN3OS. The highest BCUT2D eigenvalue weighted by Gasteiger charge is 2.20. The van der Waals surface area contributed by atoms with Crippen LogP contribution in [0.5, 0.6) is 0 Å². The molecule has 114 valence electrons. The number of thiophene rings is 1. The number of hydrogen-bond acceptors (Lipinski definition) is 4. The van der Waals surface area contributed by atoms with E-state index in [1.165, 1.54) is 4.88 Å². The Labute approximate surface area is 130 Å². The van der Waals surface area contributed by atoms with Crippen LogP contribution in [0.3, 0.4) is 0 Å². The number of amides is 1. The molecule has 0 saturated heterocycles. The Morgan fingerprint density at radius 3 is 2.50 bits per heavy atom. The largest absolute Gasteiger partial charge is 0.343 e. The molecule has 1 rings (SSSR count). The molecule has 0 bridgehead atoms. The van der Waals surface area contributed by atoms with E-state index in [2.05, 4.69) is 4.90 Å². The van der Waals surface area contributed by atoms with E-state index >= 15 is 0 Å². The summed E-state index contributed by atoms with van der Waals surface area (Å²) in [5.74, 6) is 0.168. The maximum atomic E-state index is 12.2. The van der Waals surface area contributed by atoms with Crippen LogP contribution in [-0.2, 0) is 11.3 Å². The Morgan fingerprint density at radius 2 is 2.05 bits per heavy atom. The van der Waals surface area contributed by atoms with Gasteiger partial charge in [-0.05, 0) is 33.0 Å². The number of nitrogens with two attached hydrogens (primary N) is 1. The molecule has 1 aromatic heterocycles. The van der Waals surface area contributed by atoms with Gasteiger partial charge in [-0.1, -0.05) is 11.6 Å². The minimum Gasteiger partial charge on any atom is -0.343 e. The lowest BCUT2D eigenvalue weighted by Gasteiger charge is -2.28. The van der Waals surface area contributed by atoms with E-state index in [0.717, 1.165) is 24.0 Å². The van der Waals surface area contributed by atoms with Crippen LogP contribution < -0.4 is 5.73 Å². The summed E-state index contributed by atoms with van der Waals surface area (Å²) in [6.07, 6.45) is 0.466. The Bertz CT molecular complexity index is 420. The minimum atomic E-state index is 0.0592. The summed E-state index contributed by atoms with van der Waals surface area (Å²) in [7, 11) is 2.00. The highest BCUT2D eigenvalue weighted by molar-refractivity contribution is 7.16. The Hall–Kier alpha value is -0.620. The van der Waals surface area contributed by atoms with E-state index in [4.69, 9.17) is 17.3 Å². The summed E-state index contributed by atoms with van der Waals surface area (Å²) in [5, 5.41) is 0. The van der Waals surface area contributed by atoms with Crippen molar-refractivity contribution in [2.24, 2.45) is 5.73 Å². The molecule has 2 N–H and O–H groups in total. The monoisotopic (exact) mass is 317 g/mol. The third-order valence-corrected chi connectivity index (χ3v) is 4.67. The van der Waals surface area contributed by atoms with Crippen molar-refractivity contribution in [3.8, 4) is 0 Å². The molecule has 6 heteroatoms. The van der Waals surface area contributed by atoms with Gasteiger partial charge in [0.15, 0.2) is 0 Å². The van der Waals surface area contributed by atoms with Crippen molar-refractivity contribution in [2.75, 3.05) is 26.7 Å². The van der Waals surface area contributed by atoms with Crippen molar-refractivity contribution in [3.05, 3.63) is 21.3 Å². The molecule has 0 saturated carbocycles. The zero-order chi connectivity index (χ0) is 15.1. The van der Waals surface area contributed by atoms with Crippen molar-refractivity contribution in [1.82, 2.24) is 9.80 Å². The standard InChI is InChI=1S/C14H24ClN3OS/c1-4-18(5-2)14(19)8-11(9-16)17(3)10-12-6-7-13(15)20-12/h6-7,11H,4-5,8-10,16H2,1-3H3. The quantitative estimate of drug-likeness (QED) is 0.801. The van der Waals surface area contributed by atoms with Crippen molar-refractivity contribution in [3.63, 3.8) is 0 Å². The van der Waals surface area contributed by atoms with Gasteiger partial charge in [-0.3, -0.25) is 9.69 Å². The number of hydrogen-bond donors (Lipinski definition) is 1. The Balaban J connectivity index is 2.58. The lowest BCUT2D eigenvalue weighted by atomic mass is 10.1. The molecule has 0 aliphatic carbocycles. The van der Waals surface area contributed by atoms with E-state index in [1.807, 2.05) is 37.9 Å². The Morgan fingerprint density at radius 1 is 1.40 bits per heavy atom. The Kier molecular flexibility index (Phi) is 7.51. The SMILES string of the molecule is CCN(CC)C(=O)CC(CN)N(C)Cc1ccc(Cl)s1. The van der Waals surface area contributed by atoms with Crippen molar-refractivity contribution in [1.29, 1.82) is 0 Å². The number of rotatable bonds is 8. The van der Waals surface area contributed by atoms with Gasteiger partial charge in [0.25, 0.3) is 0 Å². The highest BCUT2D eigenvalue weighted by Crippen LogP contribution is 2.23. The van der Waals surface area contributed by atoms with Crippen LogP contribution in [0.2, 0.25) is 4.34 Å². The van der Waals surface area contributed by atoms with Gasteiger partial charge in [-0.2, -0.15) is 0 Å². The van der Waals surface area contributed by atoms with Gasteiger partial charge in [0, 0.05) is 43.5 Å². The minimum absolute atomic E-state index is 0.0592.